The van der Waals surface area contributed by atoms with E-state index in [1.807, 2.05) is 30.3 Å². The first-order valence-corrected chi connectivity index (χ1v) is 5.57. The fraction of sp³-hybridized carbons (Fsp3) is 0.231. The summed E-state index contributed by atoms with van der Waals surface area (Å²) in [4.78, 5) is 11.7. The third kappa shape index (κ3) is 3.17. The fourth-order valence-corrected chi connectivity index (χ4v) is 1.60. The molecule has 2 aromatic rings. The van der Waals surface area contributed by atoms with Crippen molar-refractivity contribution in [3.63, 3.8) is 0 Å². The van der Waals surface area contributed by atoms with Crippen molar-refractivity contribution in [1.29, 1.82) is 0 Å². The lowest BCUT2D eigenvalue weighted by Crippen LogP contribution is -2.14. The molecule has 88 valence electrons. The number of anilines is 1. The molecule has 0 fully saturated rings. The first-order chi connectivity index (χ1) is 8.25. The summed E-state index contributed by atoms with van der Waals surface area (Å²) in [7, 11) is 1.80. The van der Waals surface area contributed by atoms with E-state index < -0.39 is 0 Å². The maximum absolute atomic E-state index is 11.7. The number of aryl methyl sites for hydroxylation is 2. The zero-order valence-corrected chi connectivity index (χ0v) is 9.76. The Morgan fingerprint density at radius 3 is 2.71 bits per heavy atom. The molecule has 0 aliphatic carbocycles. The van der Waals surface area contributed by atoms with Gasteiger partial charge in [-0.1, -0.05) is 30.3 Å². The lowest BCUT2D eigenvalue weighted by atomic mass is 10.1. The smallest absolute Gasteiger partial charge is 0.225 e. The molecule has 4 nitrogen and oxygen atoms in total. The van der Waals surface area contributed by atoms with Gasteiger partial charge in [-0.3, -0.25) is 9.48 Å². The van der Waals surface area contributed by atoms with Gasteiger partial charge in [0.05, 0.1) is 6.20 Å². The molecule has 0 radical (unpaired) electrons. The second-order valence-corrected chi connectivity index (χ2v) is 3.87. The van der Waals surface area contributed by atoms with Crippen molar-refractivity contribution in [3.05, 3.63) is 48.2 Å². The molecule has 1 heterocycles. The summed E-state index contributed by atoms with van der Waals surface area (Å²) in [6.45, 7) is 0. The number of rotatable bonds is 4. The predicted molar refractivity (Wildman–Crippen MR) is 66.6 cm³/mol. The van der Waals surface area contributed by atoms with Crippen molar-refractivity contribution < 1.29 is 4.79 Å². The highest BCUT2D eigenvalue weighted by Gasteiger charge is 2.05. The maximum atomic E-state index is 11.7. The lowest BCUT2D eigenvalue weighted by molar-refractivity contribution is -0.116. The molecule has 4 heteroatoms. The van der Waals surface area contributed by atoms with Crippen molar-refractivity contribution >= 4 is 11.7 Å². The minimum Gasteiger partial charge on any atom is -0.311 e. The van der Waals surface area contributed by atoms with E-state index in [2.05, 4.69) is 10.4 Å². The SMILES string of the molecule is Cn1nccc1NC(=O)CCc1ccccc1. The molecular weight excluding hydrogens is 214 g/mol. The van der Waals surface area contributed by atoms with Crippen LogP contribution < -0.4 is 5.32 Å². The second kappa shape index (κ2) is 5.30. The van der Waals surface area contributed by atoms with Gasteiger partial charge in [-0.05, 0) is 12.0 Å². The number of hydrogen-bond donors (Lipinski definition) is 1. The Labute approximate surface area is 100 Å². The number of nitrogens with zero attached hydrogens (tertiary/aromatic N) is 2. The molecule has 1 amide bonds. The lowest BCUT2D eigenvalue weighted by Gasteiger charge is -2.05. The third-order valence-corrected chi connectivity index (χ3v) is 2.57. The van der Waals surface area contributed by atoms with Crippen LogP contribution >= 0.6 is 0 Å². The van der Waals surface area contributed by atoms with Crippen LogP contribution in [0.5, 0.6) is 0 Å². The summed E-state index contributed by atoms with van der Waals surface area (Å²) >= 11 is 0. The van der Waals surface area contributed by atoms with Crippen LogP contribution in [0.2, 0.25) is 0 Å². The number of hydrogen-bond acceptors (Lipinski definition) is 2. The first kappa shape index (κ1) is 11.4. The van der Waals surface area contributed by atoms with E-state index in [1.165, 1.54) is 5.56 Å². The average molecular weight is 229 g/mol. The highest BCUT2D eigenvalue weighted by atomic mass is 16.1. The van der Waals surface area contributed by atoms with Gasteiger partial charge in [-0.2, -0.15) is 5.10 Å². The van der Waals surface area contributed by atoms with Gasteiger partial charge in [0.1, 0.15) is 5.82 Å². The van der Waals surface area contributed by atoms with Crippen LogP contribution in [0.15, 0.2) is 42.6 Å². The largest absolute Gasteiger partial charge is 0.311 e. The number of nitrogens with one attached hydrogen (secondary N) is 1. The maximum Gasteiger partial charge on any atom is 0.225 e. The standard InChI is InChI=1S/C13H15N3O/c1-16-12(9-10-14-16)15-13(17)8-7-11-5-3-2-4-6-11/h2-6,9-10H,7-8H2,1H3,(H,15,17). The van der Waals surface area contributed by atoms with Crippen LogP contribution in [0.1, 0.15) is 12.0 Å². The molecule has 0 saturated heterocycles. The molecule has 0 aliphatic rings. The summed E-state index contributed by atoms with van der Waals surface area (Å²) < 4.78 is 1.64. The number of amides is 1. The van der Waals surface area contributed by atoms with Gasteiger partial charge in [-0.15, -0.1) is 0 Å². The van der Waals surface area contributed by atoms with Crippen LogP contribution in [-0.2, 0) is 18.3 Å². The molecule has 17 heavy (non-hydrogen) atoms. The van der Waals surface area contributed by atoms with Crippen molar-refractivity contribution in [2.45, 2.75) is 12.8 Å². The Morgan fingerprint density at radius 2 is 2.06 bits per heavy atom. The van der Waals surface area contributed by atoms with Gasteiger partial charge in [0, 0.05) is 19.5 Å². The molecular formula is C13H15N3O. The molecule has 1 N–H and O–H groups in total. The Bertz CT molecular complexity index is 490. The van der Waals surface area contributed by atoms with Crippen molar-refractivity contribution in [2.75, 3.05) is 5.32 Å². The predicted octanol–water partition coefficient (Wildman–Crippen LogP) is 1.99. The number of benzene rings is 1. The molecule has 1 aromatic carbocycles. The van der Waals surface area contributed by atoms with E-state index in [4.69, 9.17) is 0 Å². The zero-order chi connectivity index (χ0) is 12.1. The summed E-state index contributed by atoms with van der Waals surface area (Å²) in [5.41, 5.74) is 1.17. The molecule has 0 bridgehead atoms. The molecule has 0 atom stereocenters. The number of carbonyl (C=O) groups is 1. The van der Waals surface area contributed by atoms with Crippen molar-refractivity contribution in [1.82, 2.24) is 9.78 Å². The van der Waals surface area contributed by atoms with Gasteiger partial charge >= 0.3 is 0 Å². The van der Waals surface area contributed by atoms with Crippen LogP contribution in [-0.4, -0.2) is 15.7 Å². The monoisotopic (exact) mass is 229 g/mol. The molecule has 0 aliphatic heterocycles. The van der Waals surface area contributed by atoms with Gasteiger partial charge in [0.2, 0.25) is 5.91 Å². The normalized spacial score (nSPS) is 10.2. The van der Waals surface area contributed by atoms with Crippen LogP contribution in [0, 0.1) is 0 Å². The molecule has 2 rings (SSSR count). The quantitative estimate of drug-likeness (QED) is 0.871. The van der Waals surface area contributed by atoms with Gasteiger partial charge in [-0.25, -0.2) is 0 Å². The molecule has 0 saturated carbocycles. The Morgan fingerprint density at radius 1 is 1.29 bits per heavy atom. The van der Waals surface area contributed by atoms with Crippen molar-refractivity contribution in [3.8, 4) is 0 Å². The van der Waals surface area contributed by atoms with E-state index in [-0.39, 0.29) is 5.91 Å². The second-order valence-electron chi connectivity index (χ2n) is 3.87. The summed E-state index contributed by atoms with van der Waals surface area (Å²) in [5, 5.41) is 6.81. The van der Waals surface area contributed by atoms with E-state index in [0.717, 1.165) is 12.2 Å². The van der Waals surface area contributed by atoms with Crippen LogP contribution in [0.3, 0.4) is 0 Å². The highest BCUT2D eigenvalue weighted by molar-refractivity contribution is 5.89. The van der Waals surface area contributed by atoms with E-state index in [9.17, 15) is 4.79 Å². The molecule has 0 unspecified atom stereocenters. The van der Waals surface area contributed by atoms with Gasteiger partial charge in [0.15, 0.2) is 0 Å². The summed E-state index contributed by atoms with van der Waals surface area (Å²) in [6.07, 6.45) is 2.90. The first-order valence-electron chi connectivity index (χ1n) is 5.57. The minimum atomic E-state index is 0.0115. The summed E-state index contributed by atoms with van der Waals surface area (Å²) in [5.74, 6) is 0.737. The summed E-state index contributed by atoms with van der Waals surface area (Å²) in [6, 6.07) is 11.8. The van der Waals surface area contributed by atoms with E-state index in [1.54, 1.807) is 24.0 Å². The Hall–Kier alpha value is -2.10. The fourth-order valence-electron chi connectivity index (χ4n) is 1.60. The Balaban J connectivity index is 1.85. The van der Waals surface area contributed by atoms with Crippen LogP contribution in [0.4, 0.5) is 5.82 Å². The third-order valence-electron chi connectivity index (χ3n) is 2.57. The van der Waals surface area contributed by atoms with E-state index >= 15 is 0 Å². The Kier molecular flexibility index (Phi) is 3.55. The minimum absolute atomic E-state index is 0.0115. The van der Waals surface area contributed by atoms with Crippen LogP contribution in [0.25, 0.3) is 0 Å². The topological polar surface area (TPSA) is 46.9 Å². The number of carbonyl (C=O) groups excluding carboxylic acids is 1. The van der Waals surface area contributed by atoms with Gasteiger partial charge in [0.25, 0.3) is 0 Å². The highest BCUT2D eigenvalue weighted by Crippen LogP contribution is 2.06. The van der Waals surface area contributed by atoms with E-state index in [0.29, 0.717) is 6.42 Å². The van der Waals surface area contributed by atoms with Gasteiger partial charge < -0.3 is 5.32 Å². The number of aromatic nitrogens is 2. The zero-order valence-electron chi connectivity index (χ0n) is 9.76. The average Bonchev–Trinajstić information content (AvgIpc) is 2.74. The van der Waals surface area contributed by atoms with Crippen molar-refractivity contribution in [2.24, 2.45) is 7.05 Å². The molecule has 1 aromatic heterocycles. The molecule has 0 spiro atoms.